The number of amides is 1. The molecule has 0 bridgehead atoms. The number of anilines is 1. The van der Waals surface area contributed by atoms with Crippen molar-refractivity contribution in [3.8, 4) is 0 Å². The van der Waals surface area contributed by atoms with Crippen LogP contribution in [0.2, 0.25) is 0 Å². The zero-order chi connectivity index (χ0) is 14.4. The van der Waals surface area contributed by atoms with Crippen LogP contribution in [0, 0.1) is 0 Å². The van der Waals surface area contributed by atoms with Crippen molar-refractivity contribution in [2.45, 2.75) is 20.3 Å². The molecule has 2 heterocycles. The van der Waals surface area contributed by atoms with Crippen LogP contribution in [0.1, 0.15) is 30.8 Å². The average molecular weight is 276 g/mol. The molecule has 1 aliphatic rings. The summed E-state index contributed by atoms with van der Waals surface area (Å²) in [5.41, 5.74) is 1.60. The fraction of sp³-hybridized carbons (Fsp3) is 0.600. The van der Waals surface area contributed by atoms with Gasteiger partial charge in [0.1, 0.15) is 5.69 Å². The lowest BCUT2D eigenvalue weighted by atomic mass is 10.2. The zero-order valence-corrected chi connectivity index (χ0v) is 12.4. The van der Waals surface area contributed by atoms with E-state index in [1.165, 1.54) is 0 Å². The lowest BCUT2D eigenvalue weighted by molar-refractivity contribution is 0.0948. The van der Waals surface area contributed by atoms with E-state index in [1.807, 2.05) is 25.3 Å². The predicted octanol–water partition coefficient (Wildman–Crippen LogP) is 1.36. The van der Waals surface area contributed by atoms with Gasteiger partial charge in [0, 0.05) is 32.7 Å². The molecule has 1 aromatic rings. The first-order chi connectivity index (χ1) is 9.74. The molecule has 20 heavy (non-hydrogen) atoms. The van der Waals surface area contributed by atoms with Gasteiger partial charge in [-0.1, -0.05) is 13.8 Å². The van der Waals surface area contributed by atoms with E-state index in [1.54, 1.807) is 0 Å². The largest absolute Gasteiger partial charge is 0.368 e. The maximum atomic E-state index is 11.8. The van der Waals surface area contributed by atoms with E-state index in [9.17, 15) is 4.79 Å². The summed E-state index contributed by atoms with van der Waals surface area (Å²) in [6.45, 7) is 10.3. The molecular formula is C15H24N4O. The Balaban J connectivity index is 1.93. The van der Waals surface area contributed by atoms with Crippen LogP contribution < -0.4 is 10.2 Å². The van der Waals surface area contributed by atoms with Crippen molar-refractivity contribution in [2.75, 3.05) is 44.2 Å². The molecule has 5 heteroatoms. The van der Waals surface area contributed by atoms with E-state index in [0.29, 0.717) is 12.2 Å². The van der Waals surface area contributed by atoms with Gasteiger partial charge in [0.2, 0.25) is 0 Å². The van der Waals surface area contributed by atoms with Crippen molar-refractivity contribution in [1.82, 2.24) is 15.2 Å². The van der Waals surface area contributed by atoms with Crippen LogP contribution in [0.4, 0.5) is 5.69 Å². The van der Waals surface area contributed by atoms with Crippen molar-refractivity contribution in [3.05, 3.63) is 24.0 Å². The number of aromatic nitrogens is 1. The van der Waals surface area contributed by atoms with E-state index in [2.05, 4.69) is 27.0 Å². The van der Waals surface area contributed by atoms with Gasteiger partial charge in [-0.05, 0) is 25.1 Å². The number of rotatable bonds is 5. The van der Waals surface area contributed by atoms with Crippen molar-refractivity contribution in [2.24, 2.45) is 0 Å². The minimum atomic E-state index is -0.0887. The summed E-state index contributed by atoms with van der Waals surface area (Å²) >= 11 is 0. The Bertz CT molecular complexity index is 424. The lowest BCUT2D eigenvalue weighted by Gasteiger charge is -2.35. The Morgan fingerprint density at radius 3 is 2.55 bits per heavy atom. The number of hydrogen-bond acceptors (Lipinski definition) is 4. The van der Waals surface area contributed by atoms with E-state index < -0.39 is 0 Å². The van der Waals surface area contributed by atoms with Gasteiger partial charge in [0.15, 0.2) is 0 Å². The topological polar surface area (TPSA) is 48.5 Å². The van der Waals surface area contributed by atoms with Gasteiger partial charge >= 0.3 is 0 Å². The number of piperazine rings is 1. The number of hydrogen-bond donors (Lipinski definition) is 1. The highest BCUT2D eigenvalue weighted by atomic mass is 16.1. The number of likely N-dealkylation sites (N-methyl/N-ethyl adjacent to an activating group) is 1. The molecule has 0 radical (unpaired) electrons. The highest BCUT2D eigenvalue weighted by Crippen LogP contribution is 2.15. The molecule has 2 rings (SSSR count). The molecule has 1 amide bonds. The molecule has 1 fully saturated rings. The van der Waals surface area contributed by atoms with Gasteiger partial charge in [-0.3, -0.25) is 4.79 Å². The number of carbonyl (C=O) groups is 1. The van der Waals surface area contributed by atoms with Crippen LogP contribution in [0.5, 0.6) is 0 Å². The van der Waals surface area contributed by atoms with Crippen LogP contribution >= 0.6 is 0 Å². The average Bonchev–Trinajstić information content (AvgIpc) is 2.53. The second-order valence-electron chi connectivity index (χ2n) is 5.08. The third-order valence-electron chi connectivity index (χ3n) is 3.70. The van der Waals surface area contributed by atoms with Crippen LogP contribution in [0.25, 0.3) is 0 Å². The van der Waals surface area contributed by atoms with E-state index in [0.717, 1.165) is 44.8 Å². The fourth-order valence-electron chi connectivity index (χ4n) is 2.36. The minimum absolute atomic E-state index is 0.0887. The standard InChI is InChI=1S/C15H24N4O/c1-3-7-16-15(20)14-6-5-13(12-17-14)19-10-8-18(4-2)9-11-19/h5-6,12H,3-4,7-11H2,1-2H3,(H,16,20). The Morgan fingerprint density at radius 2 is 2.00 bits per heavy atom. The predicted molar refractivity (Wildman–Crippen MR) is 81.2 cm³/mol. The van der Waals surface area contributed by atoms with E-state index in [-0.39, 0.29) is 5.91 Å². The lowest BCUT2D eigenvalue weighted by Crippen LogP contribution is -2.46. The molecule has 5 nitrogen and oxygen atoms in total. The number of pyridine rings is 1. The van der Waals surface area contributed by atoms with Gasteiger partial charge in [0.25, 0.3) is 5.91 Å². The van der Waals surface area contributed by atoms with Crippen LogP contribution in [0.15, 0.2) is 18.3 Å². The number of carbonyl (C=O) groups excluding carboxylic acids is 1. The molecule has 0 atom stereocenters. The smallest absolute Gasteiger partial charge is 0.269 e. The first-order valence-corrected chi connectivity index (χ1v) is 7.46. The third kappa shape index (κ3) is 3.70. The summed E-state index contributed by atoms with van der Waals surface area (Å²) in [5, 5.41) is 2.84. The molecule has 1 saturated heterocycles. The molecule has 1 N–H and O–H groups in total. The molecule has 0 aromatic carbocycles. The van der Waals surface area contributed by atoms with Crippen LogP contribution in [-0.2, 0) is 0 Å². The van der Waals surface area contributed by atoms with E-state index in [4.69, 9.17) is 0 Å². The van der Waals surface area contributed by atoms with Gasteiger partial charge < -0.3 is 15.1 Å². The van der Waals surface area contributed by atoms with Crippen molar-refractivity contribution < 1.29 is 4.79 Å². The van der Waals surface area contributed by atoms with Crippen molar-refractivity contribution in [1.29, 1.82) is 0 Å². The molecule has 1 aliphatic heterocycles. The number of nitrogens with one attached hydrogen (secondary N) is 1. The maximum Gasteiger partial charge on any atom is 0.269 e. The monoisotopic (exact) mass is 276 g/mol. The Labute approximate surface area is 121 Å². The van der Waals surface area contributed by atoms with E-state index >= 15 is 0 Å². The Kier molecular flexibility index (Phi) is 5.35. The summed E-state index contributed by atoms with van der Waals surface area (Å²) in [5.74, 6) is -0.0887. The molecule has 0 saturated carbocycles. The summed E-state index contributed by atoms with van der Waals surface area (Å²) < 4.78 is 0. The summed E-state index contributed by atoms with van der Waals surface area (Å²) in [6.07, 6.45) is 2.74. The fourth-order valence-corrected chi connectivity index (χ4v) is 2.36. The molecule has 0 unspecified atom stereocenters. The molecule has 1 aromatic heterocycles. The highest BCUT2D eigenvalue weighted by molar-refractivity contribution is 5.92. The molecule has 0 aliphatic carbocycles. The Morgan fingerprint density at radius 1 is 1.25 bits per heavy atom. The maximum absolute atomic E-state index is 11.8. The third-order valence-corrected chi connectivity index (χ3v) is 3.70. The summed E-state index contributed by atoms with van der Waals surface area (Å²) in [7, 11) is 0. The van der Waals surface area contributed by atoms with Crippen molar-refractivity contribution >= 4 is 11.6 Å². The highest BCUT2D eigenvalue weighted by Gasteiger charge is 2.16. The van der Waals surface area contributed by atoms with Gasteiger partial charge in [-0.2, -0.15) is 0 Å². The molecule has 0 spiro atoms. The second kappa shape index (κ2) is 7.24. The quantitative estimate of drug-likeness (QED) is 0.882. The minimum Gasteiger partial charge on any atom is -0.368 e. The normalized spacial score (nSPS) is 16.2. The van der Waals surface area contributed by atoms with Crippen LogP contribution in [-0.4, -0.2) is 55.1 Å². The van der Waals surface area contributed by atoms with Crippen LogP contribution in [0.3, 0.4) is 0 Å². The Hall–Kier alpha value is -1.62. The number of nitrogens with zero attached hydrogens (tertiary/aromatic N) is 3. The first kappa shape index (κ1) is 14.8. The second-order valence-corrected chi connectivity index (χ2v) is 5.08. The molecule has 110 valence electrons. The SMILES string of the molecule is CCCNC(=O)c1ccc(N2CCN(CC)CC2)cn1. The van der Waals surface area contributed by atoms with Gasteiger partial charge in [0.05, 0.1) is 11.9 Å². The molecular weight excluding hydrogens is 252 g/mol. The first-order valence-electron chi connectivity index (χ1n) is 7.46. The summed E-state index contributed by atoms with van der Waals surface area (Å²) in [6, 6.07) is 3.81. The van der Waals surface area contributed by atoms with Gasteiger partial charge in [-0.15, -0.1) is 0 Å². The van der Waals surface area contributed by atoms with Crippen molar-refractivity contribution in [3.63, 3.8) is 0 Å². The zero-order valence-electron chi connectivity index (χ0n) is 12.4. The summed E-state index contributed by atoms with van der Waals surface area (Å²) in [4.78, 5) is 20.8. The van der Waals surface area contributed by atoms with Gasteiger partial charge in [-0.25, -0.2) is 4.98 Å².